The van der Waals surface area contributed by atoms with E-state index in [2.05, 4.69) is 6.92 Å². The SMILES string of the molecule is CCCCOCCOC(=O)c1ccc(O)cc1. The Morgan fingerprint density at radius 2 is 1.88 bits per heavy atom. The van der Waals surface area contributed by atoms with Crippen LogP contribution in [0.1, 0.15) is 30.1 Å². The highest BCUT2D eigenvalue weighted by atomic mass is 16.6. The highest BCUT2D eigenvalue weighted by Crippen LogP contribution is 2.10. The lowest BCUT2D eigenvalue weighted by atomic mass is 10.2. The molecule has 0 saturated carbocycles. The smallest absolute Gasteiger partial charge is 0.338 e. The topological polar surface area (TPSA) is 55.8 Å². The average Bonchev–Trinajstić information content (AvgIpc) is 2.34. The van der Waals surface area contributed by atoms with Crippen LogP contribution in [-0.4, -0.2) is 30.9 Å². The first kappa shape index (κ1) is 13.5. The Morgan fingerprint density at radius 3 is 2.53 bits per heavy atom. The van der Waals surface area contributed by atoms with Crippen molar-refractivity contribution < 1.29 is 19.4 Å². The second-order valence-corrected chi connectivity index (χ2v) is 3.65. The number of benzene rings is 1. The number of phenolic OH excluding ortho intramolecular Hbond substituents is 1. The monoisotopic (exact) mass is 238 g/mol. The highest BCUT2D eigenvalue weighted by molar-refractivity contribution is 5.89. The minimum absolute atomic E-state index is 0.129. The molecule has 1 aromatic carbocycles. The largest absolute Gasteiger partial charge is 0.508 e. The lowest BCUT2D eigenvalue weighted by molar-refractivity contribution is 0.0314. The van der Waals surface area contributed by atoms with Crippen LogP contribution in [0.15, 0.2) is 24.3 Å². The van der Waals surface area contributed by atoms with Crippen LogP contribution in [0.25, 0.3) is 0 Å². The summed E-state index contributed by atoms with van der Waals surface area (Å²) in [6, 6.07) is 5.95. The van der Waals surface area contributed by atoms with Crippen LogP contribution in [0.4, 0.5) is 0 Å². The van der Waals surface area contributed by atoms with Gasteiger partial charge in [-0.05, 0) is 30.7 Å². The number of carbonyl (C=O) groups excluding carboxylic acids is 1. The predicted octanol–water partition coefficient (Wildman–Crippen LogP) is 2.37. The van der Waals surface area contributed by atoms with E-state index in [0.29, 0.717) is 18.8 Å². The lowest BCUT2D eigenvalue weighted by Gasteiger charge is -2.05. The molecular weight excluding hydrogens is 220 g/mol. The number of carbonyl (C=O) groups is 1. The van der Waals surface area contributed by atoms with Crippen LogP contribution in [0.5, 0.6) is 5.75 Å². The molecule has 0 aromatic heterocycles. The number of rotatable bonds is 7. The van der Waals surface area contributed by atoms with Crippen molar-refractivity contribution in [3.8, 4) is 5.75 Å². The minimum atomic E-state index is -0.399. The molecule has 0 aliphatic carbocycles. The summed E-state index contributed by atoms with van der Waals surface area (Å²) in [5.74, 6) is -0.270. The van der Waals surface area contributed by atoms with Gasteiger partial charge in [-0.3, -0.25) is 0 Å². The molecule has 1 aromatic rings. The molecule has 4 heteroatoms. The summed E-state index contributed by atoms with van der Waals surface area (Å²) in [5, 5.41) is 9.06. The maximum atomic E-state index is 11.5. The zero-order valence-corrected chi connectivity index (χ0v) is 10.0. The molecule has 0 radical (unpaired) electrons. The van der Waals surface area contributed by atoms with E-state index in [0.717, 1.165) is 12.8 Å². The minimum Gasteiger partial charge on any atom is -0.508 e. The Hall–Kier alpha value is -1.55. The molecule has 0 atom stereocenters. The second kappa shape index (κ2) is 7.68. The van der Waals surface area contributed by atoms with Crippen LogP contribution in [0, 0.1) is 0 Å². The van der Waals surface area contributed by atoms with Gasteiger partial charge in [-0.25, -0.2) is 4.79 Å². The summed E-state index contributed by atoms with van der Waals surface area (Å²) >= 11 is 0. The molecule has 17 heavy (non-hydrogen) atoms. The van der Waals surface area contributed by atoms with Crippen molar-refractivity contribution in [1.82, 2.24) is 0 Å². The third-order valence-electron chi connectivity index (χ3n) is 2.21. The van der Waals surface area contributed by atoms with Crippen molar-refractivity contribution in [2.24, 2.45) is 0 Å². The summed E-state index contributed by atoms with van der Waals surface area (Å²) in [6.07, 6.45) is 2.11. The number of phenols is 1. The van der Waals surface area contributed by atoms with E-state index in [-0.39, 0.29) is 12.4 Å². The third-order valence-corrected chi connectivity index (χ3v) is 2.21. The van der Waals surface area contributed by atoms with Crippen molar-refractivity contribution in [2.75, 3.05) is 19.8 Å². The van der Waals surface area contributed by atoms with E-state index >= 15 is 0 Å². The molecule has 1 rings (SSSR count). The Bertz CT molecular complexity index is 332. The zero-order valence-electron chi connectivity index (χ0n) is 10.0. The molecule has 0 aliphatic rings. The first-order valence-electron chi connectivity index (χ1n) is 5.78. The van der Waals surface area contributed by atoms with Gasteiger partial charge in [0.2, 0.25) is 0 Å². The molecule has 0 unspecified atom stereocenters. The molecular formula is C13H18O4. The molecule has 0 amide bonds. The standard InChI is InChI=1S/C13H18O4/c1-2-3-8-16-9-10-17-13(15)11-4-6-12(14)7-5-11/h4-7,14H,2-3,8-10H2,1H3. The molecule has 0 spiro atoms. The van der Waals surface area contributed by atoms with Gasteiger partial charge in [0.25, 0.3) is 0 Å². The van der Waals surface area contributed by atoms with Crippen molar-refractivity contribution in [3.05, 3.63) is 29.8 Å². The fourth-order valence-electron chi connectivity index (χ4n) is 1.22. The molecule has 0 heterocycles. The molecule has 4 nitrogen and oxygen atoms in total. The maximum absolute atomic E-state index is 11.5. The molecule has 94 valence electrons. The quantitative estimate of drug-likeness (QED) is 0.585. The fraction of sp³-hybridized carbons (Fsp3) is 0.462. The van der Waals surface area contributed by atoms with E-state index in [1.54, 1.807) is 0 Å². The van der Waals surface area contributed by atoms with Gasteiger partial charge < -0.3 is 14.6 Å². The number of esters is 1. The third kappa shape index (κ3) is 5.36. The van der Waals surface area contributed by atoms with Crippen LogP contribution in [0.2, 0.25) is 0 Å². The number of ether oxygens (including phenoxy) is 2. The van der Waals surface area contributed by atoms with Crippen molar-refractivity contribution in [3.63, 3.8) is 0 Å². The molecule has 0 aliphatic heterocycles. The zero-order chi connectivity index (χ0) is 12.5. The van der Waals surface area contributed by atoms with Gasteiger partial charge >= 0.3 is 5.97 Å². The van der Waals surface area contributed by atoms with Crippen LogP contribution in [-0.2, 0) is 9.47 Å². The van der Waals surface area contributed by atoms with E-state index in [1.165, 1.54) is 24.3 Å². The van der Waals surface area contributed by atoms with Gasteiger partial charge in [-0.2, -0.15) is 0 Å². The normalized spacial score (nSPS) is 10.2. The first-order chi connectivity index (χ1) is 8.24. The average molecular weight is 238 g/mol. The fourth-order valence-corrected chi connectivity index (χ4v) is 1.22. The number of hydrogen-bond acceptors (Lipinski definition) is 4. The van der Waals surface area contributed by atoms with E-state index < -0.39 is 5.97 Å². The Labute approximate surface area is 101 Å². The van der Waals surface area contributed by atoms with Crippen LogP contribution < -0.4 is 0 Å². The van der Waals surface area contributed by atoms with Gasteiger partial charge in [0.15, 0.2) is 0 Å². The second-order valence-electron chi connectivity index (χ2n) is 3.65. The van der Waals surface area contributed by atoms with Gasteiger partial charge in [0, 0.05) is 6.61 Å². The molecule has 0 fully saturated rings. The molecule has 1 N–H and O–H groups in total. The van der Waals surface area contributed by atoms with Crippen molar-refractivity contribution >= 4 is 5.97 Å². The summed E-state index contributed by atoms with van der Waals surface area (Å²) in [7, 11) is 0. The summed E-state index contributed by atoms with van der Waals surface area (Å²) in [5.41, 5.74) is 0.427. The van der Waals surface area contributed by atoms with Gasteiger partial charge in [0.1, 0.15) is 12.4 Å². The molecule has 0 bridgehead atoms. The Morgan fingerprint density at radius 1 is 1.18 bits per heavy atom. The van der Waals surface area contributed by atoms with Gasteiger partial charge in [-0.15, -0.1) is 0 Å². The van der Waals surface area contributed by atoms with E-state index in [4.69, 9.17) is 14.6 Å². The first-order valence-corrected chi connectivity index (χ1v) is 5.78. The summed E-state index contributed by atoms with van der Waals surface area (Å²) in [4.78, 5) is 11.5. The lowest BCUT2D eigenvalue weighted by Crippen LogP contribution is -2.11. The summed E-state index contributed by atoms with van der Waals surface area (Å²) in [6.45, 7) is 3.47. The Balaban J connectivity index is 2.19. The molecule has 0 saturated heterocycles. The van der Waals surface area contributed by atoms with Crippen molar-refractivity contribution in [1.29, 1.82) is 0 Å². The maximum Gasteiger partial charge on any atom is 0.338 e. The highest BCUT2D eigenvalue weighted by Gasteiger charge is 2.06. The van der Waals surface area contributed by atoms with Gasteiger partial charge in [-0.1, -0.05) is 13.3 Å². The Kier molecular flexibility index (Phi) is 6.10. The van der Waals surface area contributed by atoms with E-state index in [9.17, 15) is 4.79 Å². The number of unbranched alkanes of at least 4 members (excludes halogenated alkanes) is 1. The van der Waals surface area contributed by atoms with Crippen LogP contribution >= 0.6 is 0 Å². The van der Waals surface area contributed by atoms with Crippen LogP contribution in [0.3, 0.4) is 0 Å². The predicted molar refractivity (Wildman–Crippen MR) is 64.1 cm³/mol. The van der Waals surface area contributed by atoms with E-state index in [1.807, 2.05) is 0 Å². The summed E-state index contributed by atoms with van der Waals surface area (Å²) < 4.78 is 10.3. The van der Waals surface area contributed by atoms with Gasteiger partial charge in [0.05, 0.1) is 12.2 Å². The number of hydrogen-bond donors (Lipinski definition) is 1. The number of aromatic hydroxyl groups is 1. The van der Waals surface area contributed by atoms with Crippen molar-refractivity contribution in [2.45, 2.75) is 19.8 Å².